The van der Waals surface area contributed by atoms with E-state index < -0.39 is 413 Å². The van der Waals surface area contributed by atoms with Crippen molar-refractivity contribution in [3.05, 3.63) is 0 Å². The number of aliphatic hydroxyl groups excluding tert-OH is 25. The lowest BCUT2D eigenvalue weighted by Crippen LogP contribution is -2.69. The fourth-order valence-electron chi connectivity index (χ4n) is 17.5. The maximum absolute atomic E-state index is 12.7. The summed E-state index contributed by atoms with van der Waals surface area (Å²) in [6.45, 7) is 7.48. The summed E-state index contributed by atoms with van der Waals surface area (Å²) in [5.41, 5.74) is 21.4. The summed E-state index contributed by atoms with van der Waals surface area (Å²) in [4.78, 5) is 95.5. The Bertz CT molecular complexity index is 4030. The Morgan fingerprint density at radius 2 is 0.520 bits per heavy atom. The molecule has 872 valence electrons. The van der Waals surface area contributed by atoms with E-state index in [1.165, 1.54) is 48.5 Å². The molecule has 64 nitrogen and oxygen atoms in total. The number of carbonyl (C=O) groups excluding carboxylic acids is 8. The molecule has 41 N–H and O–H groups in total. The molecular weight excluding hydrogens is 2030 g/mol. The number of amides is 8. The van der Waals surface area contributed by atoms with Gasteiger partial charge in [0.05, 0.1) is 82.4 Å². The summed E-state index contributed by atoms with van der Waals surface area (Å²) in [7, 11) is 0. The second kappa shape index (κ2) is 62.8. The van der Waals surface area contributed by atoms with Gasteiger partial charge in [0.15, 0.2) is 56.6 Å². The van der Waals surface area contributed by atoms with Crippen LogP contribution < -0.4 is 65.5 Å². The number of hydrogen-bond acceptors (Lipinski definition) is 56. The highest BCUT2D eigenvalue weighted by atomic mass is 16.8. The molecule has 0 saturated carbocycles. The molecule has 0 bridgehead atoms. The summed E-state index contributed by atoms with van der Waals surface area (Å²) in [6, 6.07) is -5.03. The van der Waals surface area contributed by atoms with Gasteiger partial charge in [0.2, 0.25) is 47.3 Å². The van der Waals surface area contributed by atoms with Gasteiger partial charge in [0.1, 0.15) is 222 Å². The minimum absolute atomic E-state index is 0.133. The maximum Gasteiger partial charge on any atom is 0.246 e. The Morgan fingerprint density at radius 1 is 0.240 bits per heavy atom. The van der Waals surface area contributed by atoms with Crippen LogP contribution in [0.15, 0.2) is 0 Å². The van der Waals surface area contributed by atoms with Gasteiger partial charge >= 0.3 is 0 Å². The molecule has 10 saturated heterocycles. The average molecular weight is 2190 g/mol. The van der Waals surface area contributed by atoms with Crippen LogP contribution in [0.2, 0.25) is 0 Å². The number of ether oxygens (including phenoxy) is 19. The van der Waals surface area contributed by atoms with Crippen LogP contribution in [0.3, 0.4) is 0 Å². The molecule has 150 heavy (non-hydrogen) atoms. The van der Waals surface area contributed by atoms with Crippen molar-refractivity contribution in [2.24, 2.45) is 34.8 Å². The van der Waals surface area contributed by atoms with Crippen molar-refractivity contribution in [1.82, 2.24) is 42.5 Å². The second-order valence-electron chi connectivity index (χ2n) is 37.1. The van der Waals surface area contributed by atoms with Crippen LogP contribution in [0.5, 0.6) is 0 Å². The van der Waals surface area contributed by atoms with Crippen LogP contribution in [0.1, 0.15) is 68.7 Å². The number of nitrogens with one attached hydrogen (secondary N) is 8. The Kier molecular flexibility index (Phi) is 54.8. The molecule has 0 aromatic carbocycles. The highest BCUT2D eigenvalue weighted by Crippen LogP contribution is 2.42. The van der Waals surface area contributed by atoms with E-state index in [1.54, 1.807) is 13.8 Å². The highest BCUT2D eigenvalue weighted by molar-refractivity contribution is 5.79. The summed E-state index contributed by atoms with van der Waals surface area (Å²) >= 11 is 0. The van der Waals surface area contributed by atoms with E-state index in [1.807, 2.05) is 0 Å². The molecule has 0 aliphatic carbocycles. The Labute approximate surface area is 859 Å². The van der Waals surface area contributed by atoms with Crippen LogP contribution in [-0.2, 0) is 128 Å². The number of nitrogens with two attached hydrogens (primary N) is 4. The fourth-order valence-corrected chi connectivity index (χ4v) is 17.5. The van der Waals surface area contributed by atoms with E-state index in [9.17, 15) is 161 Å². The van der Waals surface area contributed by atoms with E-state index >= 15 is 0 Å². The number of aliphatic hydroxyl groups is 25. The van der Waals surface area contributed by atoms with E-state index in [-0.39, 0.29) is 65.4 Å². The van der Waals surface area contributed by atoms with E-state index in [2.05, 4.69) is 42.5 Å². The molecule has 50 unspecified atom stereocenters. The van der Waals surface area contributed by atoms with E-state index in [4.69, 9.17) is 118 Å². The van der Waals surface area contributed by atoms with Crippen molar-refractivity contribution in [1.29, 1.82) is 0 Å². The first-order valence-corrected chi connectivity index (χ1v) is 48.7. The average Bonchev–Trinajstić information content (AvgIpc) is 0.768. The quantitative estimate of drug-likeness (QED) is 0.0270. The number of carbonyl (C=O) groups is 8. The maximum atomic E-state index is 12.7. The topological polar surface area (TPSA) is 1020 Å². The molecule has 64 heteroatoms. The standard InChI is InChI=1S/C32H57N3O18.C24H43N3O15.C18H33N3O12.C12H23N3O7/c1-11-21(40)12(2)49-32(22(11)41)52-28-18(9-37)51-31(47-10-19(39)34-6-5-33)20(35-14(4)38)29(28)53-30-15(24(43)26(45)17(8-36)50-30)7-16-25(44)27(46)23(42)13(3)48-16;1-8-14(31)17(34)19(36)23(38-8)42-21-18(35)15(32)9(2)39-24(21)41-20-13(27-10(3)29)22(40-11(6-28)16(20)33)37-7-12(30)26-5-4-25;1-7(24)21-11-13(27)16(33-18-15(29)14(28)12(26)8(4-22)31-18)9(5-23)32-17(11)30-6-10(25)20-3-2-19;1-6(17)15-9-11(20)10(19)7(4-16)22-12(9)21-5-8(18)14-3-2-13/h11-13,15-18,20-32,36-37,40-46H,5-10,33H2,1-4H3,(H,34,39)(H,35,38);8-9,11,13-24,28,31-36H,4-7,25H2,1-3H3,(H,26,30)(H,27,29);8-9,11-18,22-23,26-29H,2-6,19H2,1H3,(H,20,25)(H,21,24);7,9-12,16,19-20H,2-5,13H2,1H3,(H,14,18)(H,15,17). The largest absolute Gasteiger partial charge is 0.394 e. The zero-order valence-electron chi connectivity index (χ0n) is 83.8. The lowest BCUT2D eigenvalue weighted by atomic mass is 9.83. The first-order chi connectivity index (χ1) is 70.9. The normalized spacial score (nSPS) is 42.1. The summed E-state index contributed by atoms with van der Waals surface area (Å²) in [6.07, 6.45) is -63.9. The van der Waals surface area contributed by atoms with Gasteiger partial charge in [0.25, 0.3) is 0 Å². The molecule has 10 rings (SSSR count). The van der Waals surface area contributed by atoms with Gasteiger partial charge in [-0.25, -0.2) is 0 Å². The van der Waals surface area contributed by atoms with Gasteiger partial charge in [-0.2, -0.15) is 0 Å². The zero-order valence-corrected chi connectivity index (χ0v) is 83.8. The monoisotopic (exact) mass is 2190 g/mol. The van der Waals surface area contributed by atoms with E-state index in [0.29, 0.717) is 0 Å². The molecule has 0 spiro atoms. The van der Waals surface area contributed by atoms with Gasteiger partial charge in [-0.3, -0.25) is 38.4 Å². The molecule has 50 atom stereocenters. The van der Waals surface area contributed by atoms with Crippen molar-refractivity contribution in [2.45, 2.75) is 363 Å². The van der Waals surface area contributed by atoms with Crippen molar-refractivity contribution in [2.75, 3.05) is 118 Å². The van der Waals surface area contributed by atoms with Crippen LogP contribution in [0, 0.1) is 11.8 Å². The third-order valence-corrected chi connectivity index (χ3v) is 25.8. The highest BCUT2D eigenvalue weighted by Gasteiger charge is 2.60. The minimum Gasteiger partial charge on any atom is -0.394 e. The zero-order chi connectivity index (χ0) is 112. The molecule has 10 aliphatic rings. The van der Waals surface area contributed by atoms with Gasteiger partial charge < -0.3 is 283 Å². The van der Waals surface area contributed by atoms with E-state index in [0.717, 1.165) is 0 Å². The summed E-state index contributed by atoms with van der Waals surface area (Å²) < 4.78 is 108. The fraction of sp³-hybridized carbons (Fsp3) is 0.907. The predicted octanol–water partition coefficient (Wildman–Crippen LogP) is -22.9. The van der Waals surface area contributed by atoms with Gasteiger partial charge in [0, 0.05) is 91.9 Å². The van der Waals surface area contributed by atoms with Crippen LogP contribution >= 0.6 is 0 Å². The third-order valence-electron chi connectivity index (χ3n) is 25.8. The lowest BCUT2D eigenvalue weighted by molar-refractivity contribution is -0.378. The van der Waals surface area contributed by atoms with Crippen LogP contribution in [-0.4, -0.2) is 588 Å². The molecule has 0 radical (unpaired) electrons. The SMILES string of the molecule is CC(=O)NC1C(OCC(=O)NCCN)OC(CO)C(O)C1O.CC(=O)NC1C(OCC(=O)NCCN)OC(CO)C(O)C1OC1OC(C)C(O)C(O)C1OC1OC(C)C(O)C(O)C1O.CC(=O)NC1C(OCC(=O)NCCN)OC(CO)C(OC2OC(C)C(O)C(C)C2O)C1OC1OC(CO)C(O)C(O)C1CC1OC(C)C(O)C(O)C1O.CC(=O)NC1C(OCC(=O)NCCN)OC(CO)C(OC2OC(CO)C(O)C(O)C2O)C1O. The first kappa shape index (κ1) is 131. The molecule has 10 heterocycles. The third kappa shape index (κ3) is 35.4. The number of hydrogen-bond donors (Lipinski definition) is 37. The summed E-state index contributed by atoms with van der Waals surface area (Å²) in [5.74, 6) is -6.46. The second-order valence-corrected chi connectivity index (χ2v) is 37.1. The molecular formula is C86H156N12O52. The van der Waals surface area contributed by atoms with Crippen molar-refractivity contribution < 1.29 is 256 Å². The molecule has 8 amide bonds. The number of rotatable bonds is 42. The van der Waals surface area contributed by atoms with Gasteiger partial charge in [-0.1, -0.05) is 6.92 Å². The van der Waals surface area contributed by atoms with Crippen molar-refractivity contribution in [3.63, 3.8) is 0 Å². The van der Waals surface area contributed by atoms with Gasteiger partial charge in [-0.05, 0) is 34.1 Å². The molecule has 10 aliphatic heterocycles. The van der Waals surface area contributed by atoms with Crippen LogP contribution in [0.25, 0.3) is 0 Å². The van der Waals surface area contributed by atoms with Gasteiger partial charge in [-0.15, -0.1) is 0 Å². The lowest BCUT2D eigenvalue weighted by Gasteiger charge is -2.51. The Morgan fingerprint density at radius 3 is 0.940 bits per heavy atom. The van der Waals surface area contributed by atoms with Crippen LogP contribution in [0.4, 0.5) is 0 Å². The van der Waals surface area contributed by atoms with Crippen molar-refractivity contribution in [3.8, 4) is 0 Å². The Hall–Kier alpha value is -6.16. The Balaban J connectivity index is 0.000000282. The predicted molar refractivity (Wildman–Crippen MR) is 490 cm³/mol. The molecule has 0 aromatic rings. The molecule has 10 fully saturated rings. The van der Waals surface area contributed by atoms with Crippen molar-refractivity contribution >= 4 is 47.3 Å². The minimum atomic E-state index is -1.77. The first-order valence-electron chi connectivity index (χ1n) is 48.7. The molecule has 0 aromatic heterocycles. The smallest absolute Gasteiger partial charge is 0.246 e. The summed E-state index contributed by atoms with van der Waals surface area (Å²) in [5, 5.41) is 278.